The van der Waals surface area contributed by atoms with Crippen LogP contribution in [-0.2, 0) is 6.54 Å². The van der Waals surface area contributed by atoms with Crippen LogP contribution in [0.2, 0.25) is 0 Å². The molecule has 0 saturated heterocycles. The second-order valence-corrected chi connectivity index (χ2v) is 5.37. The number of aromatic nitrogens is 1. The van der Waals surface area contributed by atoms with Gasteiger partial charge in [0.1, 0.15) is 0 Å². The summed E-state index contributed by atoms with van der Waals surface area (Å²) in [4.78, 5) is 10.7. The number of carbonyl (C=O) groups is 1. The van der Waals surface area contributed by atoms with Crippen molar-refractivity contribution in [3.8, 4) is 0 Å². The van der Waals surface area contributed by atoms with E-state index in [9.17, 15) is 4.79 Å². The van der Waals surface area contributed by atoms with Gasteiger partial charge in [-0.05, 0) is 31.1 Å². The Morgan fingerprint density at radius 3 is 2.94 bits per heavy atom. The van der Waals surface area contributed by atoms with Gasteiger partial charge in [-0.25, -0.2) is 4.79 Å². The summed E-state index contributed by atoms with van der Waals surface area (Å²) < 4.78 is 4.98. The van der Waals surface area contributed by atoms with Crippen LogP contribution in [0.3, 0.4) is 0 Å². The molecule has 1 fully saturated rings. The van der Waals surface area contributed by atoms with Crippen LogP contribution < -0.4 is 5.32 Å². The number of hydrogen-bond donors (Lipinski definition) is 2. The Labute approximate surface area is 107 Å². The highest BCUT2D eigenvalue weighted by molar-refractivity contribution is 5.85. The lowest BCUT2D eigenvalue weighted by Crippen LogP contribution is -2.38. The Morgan fingerprint density at radius 2 is 2.33 bits per heavy atom. The van der Waals surface area contributed by atoms with Crippen LogP contribution in [0.4, 0.5) is 0 Å². The normalized spacial score (nSPS) is 28.2. The standard InChI is InChI=1S/C13H20N2O3/c1-8-3-4-11(9(2)5-8)14-7-10-6-12(13(16)17)15-18-10/h6,8-9,11,14H,3-5,7H2,1-2H3,(H,16,17). The van der Waals surface area contributed by atoms with E-state index in [1.54, 1.807) is 0 Å². The Balaban J connectivity index is 1.85. The zero-order valence-corrected chi connectivity index (χ0v) is 10.8. The molecular weight excluding hydrogens is 232 g/mol. The average Bonchev–Trinajstić information content (AvgIpc) is 2.76. The van der Waals surface area contributed by atoms with E-state index in [0.29, 0.717) is 24.3 Å². The Hall–Kier alpha value is -1.36. The Bertz CT molecular complexity index is 416. The van der Waals surface area contributed by atoms with Crippen molar-refractivity contribution in [1.29, 1.82) is 0 Å². The van der Waals surface area contributed by atoms with Crippen LogP contribution in [-0.4, -0.2) is 22.3 Å². The maximum absolute atomic E-state index is 10.7. The molecule has 0 spiro atoms. The number of hydrogen-bond acceptors (Lipinski definition) is 4. The van der Waals surface area contributed by atoms with Crippen LogP contribution in [0.15, 0.2) is 10.6 Å². The fraction of sp³-hybridized carbons (Fsp3) is 0.692. The van der Waals surface area contributed by atoms with Crippen molar-refractivity contribution < 1.29 is 14.4 Å². The minimum Gasteiger partial charge on any atom is -0.476 e. The summed E-state index contributed by atoms with van der Waals surface area (Å²) in [6, 6.07) is 1.96. The van der Waals surface area contributed by atoms with E-state index in [-0.39, 0.29) is 5.69 Å². The predicted octanol–water partition coefficient (Wildman–Crippen LogP) is 2.29. The van der Waals surface area contributed by atoms with E-state index in [1.807, 2.05) is 0 Å². The second-order valence-electron chi connectivity index (χ2n) is 5.37. The minimum absolute atomic E-state index is 0.0304. The first-order valence-electron chi connectivity index (χ1n) is 6.48. The number of nitrogens with zero attached hydrogens (tertiary/aromatic N) is 1. The highest BCUT2D eigenvalue weighted by Crippen LogP contribution is 2.28. The topological polar surface area (TPSA) is 75.4 Å². The molecule has 1 aromatic heterocycles. The van der Waals surface area contributed by atoms with Gasteiger partial charge in [0.25, 0.3) is 0 Å². The zero-order valence-electron chi connectivity index (χ0n) is 10.8. The van der Waals surface area contributed by atoms with E-state index in [0.717, 1.165) is 5.92 Å². The number of nitrogens with one attached hydrogen (secondary N) is 1. The van der Waals surface area contributed by atoms with Gasteiger partial charge in [-0.2, -0.15) is 0 Å². The van der Waals surface area contributed by atoms with Crippen molar-refractivity contribution in [3.05, 3.63) is 17.5 Å². The first-order chi connectivity index (χ1) is 8.56. The van der Waals surface area contributed by atoms with Gasteiger partial charge < -0.3 is 14.9 Å². The molecule has 0 aromatic carbocycles. The maximum atomic E-state index is 10.7. The van der Waals surface area contributed by atoms with Crippen LogP contribution in [0.5, 0.6) is 0 Å². The molecule has 1 heterocycles. The molecule has 1 aliphatic rings. The summed E-state index contributed by atoms with van der Waals surface area (Å²) in [6.07, 6.45) is 3.66. The third-order valence-corrected chi connectivity index (χ3v) is 3.75. The average molecular weight is 252 g/mol. The lowest BCUT2D eigenvalue weighted by molar-refractivity contribution is 0.0685. The van der Waals surface area contributed by atoms with Gasteiger partial charge in [0, 0.05) is 12.1 Å². The molecule has 5 nitrogen and oxygen atoms in total. The van der Waals surface area contributed by atoms with Crippen molar-refractivity contribution in [2.45, 2.75) is 45.7 Å². The molecule has 0 aliphatic heterocycles. The van der Waals surface area contributed by atoms with Crippen molar-refractivity contribution in [3.63, 3.8) is 0 Å². The molecule has 100 valence electrons. The summed E-state index contributed by atoms with van der Waals surface area (Å²) in [5.41, 5.74) is -0.0304. The van der Waals surface area contributed by atoms with Crippen molar-refractivity contribution >= 4 is 5.97 Å². The molecule has 0 amide bonds. The van der Waals surface area contributed by atoms with Crippen molar-refractivity contribution in [2.75, 3.05) is 0 Å². The molecule has 3 unspecified atom stereocenters. The smallest absolute Gasteiger partial charge is 0.358 e. The first-order valence-corrected chi connectivity index (χ1v) is 6.48. The van der Waals surface area contributed by atoms with Gasteiger partial charge in [-0.1, -0.05) is 19.0 Å². The molecule has 1 aliphatic carbocycles. The fourth-order valence-corrected chi connectivity index (χ4v) is 2.70. The SMILES string of the molecule is CC1CCC(NCc2cc(C(=O)O)no2)C(C)C1. The lowest BCUT2D eigenvalue weighted by Gasteiger charge is -2.33. The van der Waals surface area contributed by atoms with Crippen LogP contribution in [0.1, 0.15) is 49.4 Å². The number of carboxylic acid groups (broad SMARTS) is 1. The van der Waals surface area contributed by atoms with E-state index < -0.39 is 5.97 Å². The van der Waals surface area contributed by atoms with E-state index >= 15 is 0 Å². The first kappa shape index (κ1) is 13.1. The molecule has 0 bridgehead atoms. The molecule has 0 radical (unpaired) electrons. The third kappa shape index (κ3) is 3.10. The minimum atomic E-state index is -1.05. The summed E-state index contributed by atoms with van der Waals surface area (Å²) in [7, 11) is 0. The zero-order chi connectivity index (χ0) is 13.1. The number of aromatic carboxylic acids is 1. The monoisotopic (exact) mass is 252 g/mol. The largest absolute Gasteiger partial charge is 0.476 e. The Kier molecular flexibility index (Phi) is 4.01. The lowest BCUT2D eigenvalue weighted by atomic mass is 9.80. The van der Waals surface area contributed by atoms with Gasteiger partial charge in [0.05, 0.1) is 6.54 Å². The van der Waals surface area contributed by atoms with Gasteiger partial charge in [0.2, 0.25) is 0 Å². The second kappa shape index (κ2) is 5.52. The summed E-state index contributed by atoms with van der Waals surface area (Å²) >= 11 is 0. The third-order valence-electron chi connectivity index (χ3n) is 3.75. The van der Waals surface area contributed by atoms with Crippen LogP contribution in [0.25, 0.3) is 0 Å². The predicted molar refractivity (Wildman–Crippen MR) is 66.3 cm³/mol. The van der Waals surface area contributed by atoms with Gasteiger partial charge in [-0.3, -0.25) is 0 Å². The van der Waals surface area contributed by atoms with Gasteiger partial charge in [0.15, 0.2) is 11.5 Å². The molecular formula is C13H20N2O3. The molecule has 18 heavy (non-hydrogen) atoms. The van der Waals surface area contributed by atoms with Crippen molar-refractivity contribution in [2.24, 2.45) is 11.8 Å². The molecule has 5 heteroatoms. The van der Waals surface area contributed by atoms with Gasteiger partial charge in [-0.15, -0.1) is 0 Å². The van der Waals surface area contributed by atoms with Crippen molar-refractivity contribution in [1.82, 2.24) is 10.5 Å². The molecule has 1 saturated carbocycles. The highest BCUT2D eigenvalue weighted by Gasteiger charge is 2.25. The highest BCUT2D eigenvalue weighted by atomic mass is 16.5. The number of rotatable bonds is 4. The number of carboxylic acids is 1. The van der Waals surface area contributed by atoms with Crippen LogP contribution in [0, 0.1) is 11.8 Å². The Morgan fingerprint density at radius 1 is 1.56 bits per heavy atom. The summed E-state index contributed by atoms with van der Waals surface area (Å²) in [6.45, 7) is 5.10. The van der Waals surface area contributed by atoms with E-state index in [2.05, 4.69) is 24.3 Å². The molecule has 3 atom stereocenters. The maximum Gasteiger partial charge on any atom is 0.358 e. The summed E-state index contributed by atoms with van der Waals surface area (Å²) in [5.74, 6) is 0.987. The fourth-order valence-electron chi connectivity index (χ4n) is 2.70. The molecule has 2 N–H and O–H groups in total. The molecule has 2 rings (SSSR count). The van der Waals surface area contributed by atoms with Gasteiger partial charge >= 0.3 is 5.97 Å². The summed E-state index contributed by atoms with van der Waals surface area (Å²) in [5, 5.41) is 15.7. The van der Waals surface area contributed by atoms with Crippen LogP contribution >= 0.6 is 0 Å². The van der Waals surface area contributed by atoms with E-state index in [4.69, 9.17) is 9.63 Å². The molecule has 1 aromatic rings. The van der Waals surface area contributed by atoms with E-state index in [1.165, 1.54) is 25.3 Å². The quantitative estimate of drug-likeness (QED) is 0.859.